The van der Waals surface area contributed by atoms with Crippen LogP contribution in [0.1, 0.15) is 16.8 Å². The van der Waals surface area contributed by atoms with Gasteiger partial charge in [-0.2, -0.15) is 0 Å². The molecular formula is C25H22Cl2N4O3. The third-order valence-electron chi connectivity index (χ3n) is 5.01. The molecule has 0 unspecified atom stereocenters. The normalized spacial score (nSPS) is 10.7. The van der Waals surface area contributed by atoms with Crippen LogP contribution in [0.5, 0.6) is 11.5 Å². The summed E-state index contributed by atoms with van der Waals surface area (Å²) in [4.78, 5) is 12.2. The van der Waals surface area contributed by atoms with Crippen molar-refractivity contribution in [3.8, 4) is 17.2 Å². The van der Waals surface area contributed by atoms with Crippen molar-refractivity contribution in [1.29, 1.82) is 0 Å². The fourth-order valence-electron chi connectivity index (χ4n) is 3.26. The van der Waals surface area contributed by atoms with Gasteiger partial charge in [-0.15, -0.1) is 5.10 Å². The number of amides is 1. The molecule has 0 saturated heterocycles. The second-order valence-electron chi connectivity index (χ2n) is 7.47. The molecule has 1 aromatic heterocycles. The van der Waals surface area contributed by atoms with Crippen LogP contribution in [0.25, 0.3) is 5.69 Å². The molecule has 3 aromatic carbocycles. The molecule has 9 heteroatoms. The van der Waals surface area contributed by atoms with Crippen molar-refractivity contribution in [3.05, 3.63) is 99.8 Å². The van der Waals surface area contributed by atoms with Gasteiger partial charge in [-0.05, 0) is 41.5 Å². The van der Waals surface area contributed by atoms with Crippen LogP contribution >= 0.6 is 23.2 Å². The molecule has 0 fully saturated rings. The van der Waals surface area contributed by atoms with E-state index in [1.165, 1.54) is 0 Å². The lowest BCUT2D eigenvalue weighted by atomic mass is 10.1. The first-order chi connectivity index (χ1) is 16.5. The van der Waals surface area contributed by atoms with E-state index in [-0.39, 0.29) is 12.5 Å². The Kier molecular flexibility index (Phi) is 7.67. The summed E-state index contributed by atoms with van der Waals surface area (Å²) in [5.74, 6) is 1.08. The largest absolute Gasteiger partial charge is 0.493 e. The van der Waals surface area contributed by atoms with E-state index < -0.39 is 0 Å². The van der Waals surface area contributed by atoms with Crippen LogP contribution in [-0.2, 0) is 24.4 Å². The Hall–Kier alpha value is -3.55. The lowest BCUT2D eigenvalue weighted by molar-refractivity contribution is -0.120. The molecule has 0 radical (unpaired) electrons. The molecule has 0 spiro atoms. The maximum Gasteiger partial charge on any atom is 0.224 e. The minimum atomic E-state index is -0.0458. The number of halogens is 2. The molecular weight excluding hydrogens is 475 g/mol. The highest BCUT2D eigenvalue weighted by Crippen LogP contribution is 2.29. The van der Waals surface area contributed by atoms with Crippen molar-refractivity contribution in [3.63, 3.8) is 0 Å². The number of carbonyl (C=O) groups is 1. The van der Waals surface area contributed by atoms with E-state index in [1.54, 1.807) is 42.3 Å². The number of carbonyl (C=O) groups excluding carboxylic acids is 1. The van der Waals surface area contributed by atoms with Crippen molar-refractivity contribution in [2.45, 2.75) is 19.6 Å². The van der Waals surface area contributed by atoms with Gasteiger partial charge in [-0.25, -0.2) is 4.68 Å². The van der Waals surface area contributed by atoms with Crippen LogP contribution in [0.4, 0.5) is 0 Å². The topological polar surface area (TPSA) is 78.3 Å². The second-order valence-corrected chi connectivity index (χ2v) is 8.28. The smallest absolute Gasteiger partial charge is 0.224 e. The van der Waals surface area contributed by atoms with Crippen LogP contribution in [-0.4, -0.2) is 28.0 Å². The fraction of sp³-hybridized carbons (Fsp3) is 0.160. The average Bonchev–Trinajstić information content (AvgIpc) is 3.33. The van der Waals surface area contributed by atoms with Gasteiger partial charge in [0.2, 0.25) is 5.91 Å². The minimum absolute atomic E-state index is 0.0458. The van der Waals surface area contributed by atoms with Gasteiger partial charge in [0.25, 0.3) is 0 Å². The van der Waals surface area contributed by atoms with E-state index in [0.717, 1.165) is 16.8 Å². The Morgan fingerprint density at radius 3 is 2.56 bits per heavy atom. The predicted octanol–water partition coefficient (Wildman–Crippen LogP) is 5.02. The van der Waals surface area contributed by atoms with Crippen molar-refractivity contribution in [2.75, 3.05) is 7.11 Å². The van der Waals surface area contributed by atoms with Crippen molar-refractivity contribution in [2.24, 2.45) is 0 Å². The van der Waals surface area contributed by atoms with Gasteiger partial charge in [-0.1, -0.05) is 64.8 Å². The molecule has 4 rings (SSSR count). The Bertz CT molecular complexity index is 1280. The first-order valence-corrected chi connectivity index (χ1v) is 11.2. The minimum Gasteiger partial charge on any atom is -0.493 e. The highest BCUT2D eigenvalue weighted by atomic mass is 35.5. The van der Waals surface area contributed by atoms with Gasteiger partial charge >= 0.3 is 0 Å². The average molecular weight is 497 g/mol. The predicted molar refractivity (Wildman–Crippen MR) is 131 cm³/mol. The quantitative estimate of drug-likeness (QED) is 0.351. The first kappa shape index (κ1) is 23.6. The molecule has 0 saturated carbocycles. The van der Waals surface area contributed by atoms with E-state index >= 15 is 0 Å². The number of benzene rings is 3. The van der Waals surface area contributed by atoms with Gasteiger partial charge in [0.15, 0.2) is 11.5 Å². The maximum absolute atomic E-state index is 12.2. The molecule has 34 heavy (non-hydrogen) atoms. The van der Waals surface area contributed by atoms with Crippen LogP contribution in [0, 0.1) is 0 Å². The molecule has 0 bridgehead atoms. The third kappa shape index (κ3) is 6.07. The summed E-state index contributed by atoms with van der Waals surface area (Å²) in [6.45, 7) is 0.588. The van der Waals surface area contributed by atoms with Gasteiger partial charge in [-0.3, -0.25) is 4.79 Å². The number of rotatable bonds is 9. The van der Waals surface area contributed by atoms with Crippen LogP contribution in [0.2, 0.25) is 10.0 Å². The van der Waals surface area contributed by atoms with Gasteiger partial charge in [0.05, 0.1) is 35.5 Å². The second kappa shape index (κ2) is 11.0. The van der Waals surface area contributed by atoms with E-state index in [2.05, 4.69) is 15.6 Å². The number of hydrogen-bond donors (Lipinski definition) is 1. The number of methoxy groups -OCH3 is 1. The molecule has 1 heterocycles. The highest BCUT2D eigenvalue weighted by molar-refractivity contribution is 6.42. The molecule has 0 aliphatic carbocycles. The number of nitrogens with one attached hydrogen (secondary N) is 1. The summed E-state index contributed by atoms with van der Waals surface area (Å²) in [6.07, 6.45) is 2.09. The summed E-state index contributed by atoms with van der Waals surface area (Å²) in [5.41, 5.74) is 3.24. The van der Waals surface area contributed by atoms with E-state index in [4.69, 9.17) is 32.7 Å². The summed E-state index contributed by atoms with van der Waals surface area (Å²) in [5, 5.41) is 12.1. The van der Waals surface area contributed by atoms with Crippen LogP contribution in [0.15, 0.2) is 72.9 Å². The molecule has 174 valence electrons. The summed E-state index contributed by atoms with van der Waals surface area (Å²) >= 11 is 12.0. The summed E-state index contributed by atoms with van der Waals surface area (Å²) < 4.78 is 13.0. The monoisotopic (exact) mass is 496 g/mol. The SMILES string of the molecule is COc1cc(CNC(=O)Cc2ccccc2)ccc1OCc1cn(-c2ccc(Cl)c(Cl)c2)nn1. The Morgan fingerprint density at radius 1 is 0.971 bits per heavy atom. The molecule has 1 amide bonds. The standard InChI is InChI=1S/C25H22Cl2N4O3/c1-33-24-11-18(14-28-25(32)12-17-5-3-2-4-6-17)7-10-23(24)34-16-19-15-31(30-29-19)20-8-9-21(26)22(27)13-20/h2-11,13,15H,12,14,16H2,1H3,(H,28,32). The zero-order valence-electron chi connectivity index (χ0n) is 18.4. The van der Waals surface area contributed by atoms with Gasteiger partial charge < -0.3 is 14.8 Å². The molecule has 0 aliphatic heterocycles. The van der Waals surface area contributed by atoms with Crippen molar-refractivity contribution < 1.29 is 14.3 Å². The molecule has 1 N–H and O–H groups in total. The maximum atomic E-state index is 12.2. The molecule has 0 atom stereocenters. The molecule has 7 nitrogen and oxygen atoms in total. The van der Waals surface area contributed by atoms with Crippen molar-refractivity contribution in [1.82, 2.24) is 20.3 Å². The molecule has 0 aliphatic rings. The zero-order valence-corrected chi connectivity index (χ0v) is 19.9. The number of aromatic nitrogens is 3. The van der Waals surface area contributed by atoms with Crippen LogP contribution < -0.4 is 14.8 Å². The van der Waals surface area contributed by atoms with Crippen molar-refractivity contribution >= 4 is 29.1 Å². The lowest BCUT2D eigenvalue weighted by Gasteiger charge is -2.12. The van der Waals surface area contributed by atoms with Gasteiger partial charge in [0.1, 0.15) is 12.3 Å². The van der Waals surface area contributed by atoms with E-state index in [1.807, 2.05) is 42.5 Å². The zero-order chi connectivity index (χ0) is 23.9. The fourth-order valence-corrected chi connectivity index (χ4v) is 3.55. The van der Waals surface area contributed by atoms with Crippen LogP contribution in [0.3, 0.4) is 0 Å². The lowest BCUT2D eigenvalue weighted by Crippen LogP contribution is -2.24. The van der Waals surface area contributed by atoms with E-state index in [0.29, 0.717) is 40.2 Å². The number of nitrogens with zero attached hydrogens (tertiary/aromatic N) is 3. The Morgan fingerprint density at radius 2 is 1.79 bits per heavy atom. The Labute approximate surface area is 207 Å². The number of hydrogen-bond acceptors (Lipinski definition) is 5. The number of ether oxygens (including phenoxy) is 2. The Balaban J connectivity index is 1.34. The highest BCUT2D eigenvalue weighted by Gasteiger charge is 2.10. The van der Waals surface area contributed by atoms with E-state index in [9.17, 15) is 4.79 Å². The summed E-state index contributed by atoms with van der Waals surface area (Å²) in [7, 11) is 1.57. The van der Waals surface area contributed by atoms with Gasteiger partial charge in [0, 0.05) is 6.54 Å². The summed E-state index contributed by atoms with van der Waals surface area (Å²) in [6, 6.07) is 20.4. The third-order valence-corrected chi connectivity index (χ3v) is 5.75. The first-order valence-electron chi connectivity index (χ1n) is 10.5. The molecule has 4 aromatic rings.